The molecule has 2 heterocycles. The summed E-state index contributed by atoms with van der Waals surface area (Å²) in [6.07, 6.45) is 1.69. The summed E-state index contributed by atoms with van der Waals surface area (Å²) in [5, 5.41) is 11.5. The first-order chi connectivity index (χ1) is 6.36. The van der Waals surface area contributed by atoms with Crippen LogP contribution in [0.25, 0.3) is 0 Å². The summed E-state index contributed by atoms with van der Waals surface area (Å²) in [6.45, 7) is 2.68. The van der Waals surface area contributed by atoms with Crippen LogP contribution >= 0.6 is 11.3 Å². The van der Waals surface area contributed by atoms with E-state index in [1.54, 1.807) is 11.8 Å². The van der Waals surface area contributed by atoms with Gasteiger partial charge < -0.3 is 10.3 Å². The summed E-state index contributed by atoms with van der Waals surface area (Å²) in [7, 11) is 0. The number of anilines is 1. The molecule has 0 saturated heterocycles. The van der Waals surface area contributed by atoms with E-state index in [1.807, 2.05) is 6.92 Å². The van der Waals surface area contributed by atoms with E-state index >= 15 is 0 Å². The van der Waals surface area contributed by atoms with Gasteiger partial charge in [0.2, 0.25) is 5.13 Å². The number of aromatic nitrogens is 4. The maximum absolute atomic E-state index is 4.15. The lowest BCUT2D eigenvalue weighted by atomic mass is 10.3. The first kappa shape index (κ1) is 8.18. The van der Waals surface area contributed by atoms with E-state index in [1.165, 1.54) is 11.3 Å². The van der Waals surface area contributed by atoms with Crippen LogP contribution in [-0.4, -0.2) is 20.2 Å². The van der Waals surface area contributed by atoms with Gasteiger partial charge in [-0.1, -0.05) is 11.3 Å². The van der Waals surface area contributed by atoms with Gasteiger partial charge in [-0.3, -0.25) is 0 Å². The second-order valence-corrected chi connectivity index (χ2v) is 3.40. The van der Waals surface area contributed by atoms with Crippen molar-refractivity contribution in [3.05, 3.63) is 23.2 Å². The number of rotatable bonds is 3. The third kappa shape index (κ3) is 1.83. The van der Waals surface area contributed by atoms with Gasteiger partial charge in [-0.25, -0.2) is 4.98 Å². The van der Waals surface area contributed by atoms with E-state index in [2.05, 4.69) is 25.5 Å². The van der Waals surface area contributed by atoms with E-state index in [0.29, 0.717) is 6.54 Å². The van der Waals surface area contributed by atoms with Crippen LogP contribution in [0.5, 0.6) is 0 Å². The van der Waals surface area contributed by atoms with Crippen molar-refractivity contribution >= 4 is 16.5 Å². The number of nitrogens with zero attached hydrogens (tertiary/aromatic N) is 3. The second kappa shape index (κ2) is 3.53. The predicted molar refractivity (Wildman–Crippen MR) is 50.6 cm³/mol. The van der Waals surface area contributed by atoms with E-state index < -0.39 is 0 Å². The maximum atomic E-state index is 4.15. The van der Waals surface area contributed by atoms with Crippen LogP contribution < -0.4 is 5.32 Å². The summed E-state index contributed by atoms with van der Waals surface area (Å²) >= 11 is 1.48. The Morgan fingerprint density at radius 1 is 1.62 bits per heavy atom. The molecule has 0 fully saturated rings. The maximum Gasteiger partial charge on any atom is 0.205 e. The zero-order chi connectivity index (χ0) is 9.10. The average Bonchev–Trinajstić information content (AvgIpc) is 2.72. The van der Waals surface area contributed by atoms with Crippen molar-refractivity contribution < 1.29 is 0 Å². The second-order valence-electron chi connectivity index (χ2n) is 2.57. The Morgan fingerprint density at radius 2 is 2.54 bits per heavy atom. The molecule has 0 amide bonds. The van der Waals surface area contributed by atoms with Crippen LogP contribution in [0, 0.1) is 6.92 Å². The summed E-state index contributed by atoms with van der Waals surface area (Å²) < 4.78 is 0. The Hall–Kier alpha value is -1.43. The largest absolute Gasteiger partial charge is 0.354 e. The molecule has 2 N–H and O–H groups in total. The molecule has 0 aliphatic heterocycles. The van der Waals surface area contributed by atoms with E-state index in [0.717, 1.165) is 16.5 Å². The molecule has 13 heavy (non-hydrogen) atoms. The molecule has 0 atom stereocenters. The molecule has 0 aromatic carbocycles. The van der Waals surface area contributed by atoms with Gasteiger partial charge in [0.05, 0.1) is 18.6 Å². The fourth-order valence-corrected chi connectivity index (χ4v) is 1.42. The number of nitrogens with one attached hydrogen (secondary N) is 2. The van der Waals surface area contributed by atoms with Gasteiger partial charge >= 0.3 is 0 Å². The summed E-state index contributed by atoms with van der Waals surface area (Å²) in [5.74, 6) is 0. The number of aryl methyl sites for hydroxylation is 1. The van der Waals surface area contributed by atoms with Gasteiger partial charge in [-0.05, 0) is 6.92 Å². The topological polar surface area (TPSA) is 66.5 Å². The number of hydrogen-bond donors (Lipinski definition) is 2. The van der Waals surface area contributed by atoms with Gasteiger partial charge in [0.15, 0.2) is 0 Å². The minimum atomic E-state index is 0.685. The van der Waals surface area contributed by atoms with Gasteiger partial charge in [-0.2, -0.15) is 0 Å². The molecule has 0 spiro atoms. The Labute approximate surface area is 79.2 Å². The standard InChI is InChI=1S/C7H9N5S/c1-5-6(10-3-9-5)2-8-7-12-11-4-13-7/h3-4H,2H2,1H3,(H,8,12)(H,9,10). The first-order valence-corrected chi connectivity index (χ1v) is 4.73. The monoisotopic (exact) mass is 195 g/mol. The zero-order valence-corrected chi connectivity index (χ0v) is 7.93. The highest BCUT2D eigenvalue weighted by Gasteiger charge is 2.01. The Balaban J connectivity index is 1.97. The normalized spacial score (nSPS) is 10.2. The number of aromatic amines is 1. The van der Waals surface area contributed by atoms with Crippen molar-refractivity contribution in [2.45, 2.75) is 13.5 Å². The van der Waals surface area contributed by atoms with Crippen molar-refractivity contribution in [3.63, 3.8) is 0 Å². The molecule has 68 valence electrons. The lowest BCUT2D eigenvalue weighted by Gasteiger charge is -1.98. The molecule has 5 nitrogen and oxygen atoms in total. The van der Waals surface area contributed by atoms with Gasteiger partial charge in [-0.15, -0.1) is 10.2 Å². The molecule has 0 bridgehead atoms. The van der Waals surface area contributed by atoms with Crippen molar-refractivity contribution in [2.24, 2.45) is 0 Å². The lowest BCUT2D eigenvalue weighted by Crippen LogP contribution is -2.00. The van der Waals surface area contributed by atoms with E-state index in [4.69, 9.17) is 0 Å². The molecule has 2 aromatic rings. The van der Waals surface area contributed by atoms with Gasteiger partial charge in [0.1, 0.15) is 5.51 Å². The van der Waals surface area contributed by atoms with E-state index in [-0.39, 0.29) is 0 Å². The van der Waals surface area contributed by atoms with Gasteiger partial charge in [0.25, 0.3) is 0 Å². The molecular weight excluding hydrogens is 186 g/mol. The quantitative estimate of drug-likeness (QED) is 0.771. The Bertz CT molecular complexity index is 366. The SMILES string of the molecule is Cc1[nH]cnc1CNc1nncs1. The summed E-state index contributed by atoms with van der Waals surface area (Å²) in [5.41, 5.74) is 3.78. The summed E-state index contributed by atoms with van der Waals surface area (Å²) in [6, 6.07) is 0. The number of H-pyrrole nitrogens is 1. The minimum Gasteiger partial charge on any atom is -0.354 e. The zero-order valence-electron chi connectivity index (χ0n) is 7.11. The van der Waals surface area contributed by atoms with Crippen molar-refractivity contribution in [3.8, 4) is 0 Å². The highest BCUT2D eigenvalue weighted by atomic mass is 32.1. The van der Waals surface area contributed by atoms with Crippen LogP contribution in [0.2, 0.25) is 0 Å². The van der Waals surface area contributed by atoms with Crippen LogP contribution in [0.15, 0.2) is 11.8 Å². The van der Waals surface area contributed by atoms with Crippen molar-refractivity contribution in [2.75, 3.05) is 5.32 Å². The molecule has 0 aliphatic rings. The molecule has 0 aliphatic carbocycles. The molecular formula is C7H9N5S. The first-order valence-electron chi connectivity index (χ1n) is 3.85. The fraction of sp³-hybridized carbons (Fsp3) is 0.286. The van der Waals surface area contributed by atoms with Crippen LogP contribution in [0.4, 0.5) is 5.13 Å². The Morgan fingerprint density at radius 3 is 3.15 bits per heavy atom. The summed E-state index contributed by atoms with van der Waals surface area (Å²) in [4.78, 5) is 7.17. The van der Waals surface area contributed by atoms with Crippen LogP contribution in [-0.2, 0) is 6.54 Å². The third-order valence-electron chi connectivity index (χ3n) is 1.70. The third-order valence-corrected chi connectivity index (χ3v) is 2.35. The number of imidazole rings is 1. The lowest BCUT2D eigenvalue weighted by molar-refractivity contribution is 1.01. The highest BCUT2D eigenvalue weighted by molar-refractivity contribution is 7.13. The highest BCUT2D eigenvalue weighted by Crippen LogP contribution is 2.10. The van der Waals surface area contributed by atoms with E-state index in [9.17, 15) is 0 Å². The molecule has 0 radical (unpaired) electrons. The van der Waals surface area contributed by atoms with Gasteiger partial charge in [0, 0.05) is 5.69 Å². The number of hydrogen-bond acceptors (Lipinski definition) is 5. The average molecular weight is 195 g/mol. The minimum absolute atomic E-state index is 0.685. The molecule has 2 aromatic heterocycles. The molecule has 0 saturated carbocycles. The fourth-order valence-electron chi connectivity index (χ4n) is 0.975. The molecule has 2 rings (SSSR count). The smallest absolute Gasteiger partial charge is 0.205 e. The van der Waals surface area contributed by atoms with Crippen LogP contribution in [0.3, 0.4) is 0 Å². The van der Waals surface area contributed by atoms with Crippen molar-refractivity contribution in [1.29, 1.82) is 0 Å². The Kier molecular flexibility index (Phi) is 2.22. The molecule has 6 heteroatoms. The van der Waals surface area contributed by atoms with Crippen LogP contribution in [0.1, 0.15) is 11.4 Å². The van der Waals surface area contributed by atoms with Crippen molar-refractivity contribution in [1.82, 2.24) is 20.2 Å². The molecule has 0 unspecified atom stereocenters. The predicted octanol–water partition coefficient (Wildman–Crippen LogP) is 1.18.